The third kappa shape index (κ3) is 4.10. The first-order chi connectivity index (χ1) is 16.0. The number of pyridine rings is 1. The van der Waals surface area contributed by atoms with Crippen LogP contribution in [0.25, 0.3) is 5.52 Å². The Labute approximate surface area is 190 Å². The van der Waals surface area contributed by atoms with Gasteiger partial charge < -0.3 is 19.3 Å². The van der Waals surface area contributed by atoms with Gasteiger partial charge >= 0.3 is 5.97 Å². The maximum atomic E-state index is 13.0. The lowest BCUT2D eigenvalue weighted by molar-refractivity contribution is 0.0637. The molecular formula is C24H26N4O5. The molecule has 9 nitrogen and oxygen atoms in total. The molecule has 1 N–H and O–H groups in total. The van der Waals surface area contributed by atoms with Gasteiger partial charge in [-0.3, -0.25) is 9.59 Å². The Hall–Kier alpha value is -3.62. The molecule has 0 radical (unpaired) electrons. The number of likely N-dealkylation sites (tertiary alicyclic amines) is 2. The highest BCUT2D eigenvalue weighted by Gasteiger charge is 2.28. The molecule has 2 aliphatic heterocycles. The minimum Gasteiger partial charge on any atom is -0.475 e. The van der Waals surface area contributed by atoms with Crippen molar-refractivity contribution in [2.75, 3.05) is 26.2 Å². The zero-order chi connectivity index (χ0) is 22.9. The highest BCUT2D eigenvalue weighted by Crippen LogP contribution is 2.30. The number of aromatic carboxylic acids is 1. The van der Waals surface area contributed by atoms with E-state index in [-0.39, 0.29) is 29.3 Å². The molecule has 3 aromatic rings. The van der Waals surface area contributed by atoms with Crippen LogP contribution in [0.5, 0.6) is 0 Å². The number of aromatic nitrogens is 2. The number of carboxylic acid groups (broad SMARTS) is 1. The SMILES string of the molecule is O=C(O)c1ccc(C(=O)N2CCC(c3ccn4ncc(C(=O)N5CCCCC5)c4c3)CC2)o1. The van der Waals surface area contributed by atoms with Crippen molar-refractivity contribution in [3.63, 3.8) is 0 Å². The molecule has 0 aliphatic carbocycles. The van der Waals surface area contributed by atoms with Crippen molar-refractivity contribution in [2.45, 2.75) is 38.0 Å². The Kier molecular flexibility index (Phi) is 5.62. The van der Waals surface area contributed by atoms with Crippen LogP contribution in [-0.2, 0) is 0 Å². The number of amides is 2. The van der Waals surface area contributed by atoms with Gasteiger partial charge in [0.05, 0.1) is 17.3 Å². The summed E-state index contributed by atoms with van der Waals surface area (Å²) in [5.41, 5.74) is 2.59. The molecule has 0 spiro atoms. The molecule has 3 aromatic heterocycles. The van der Waals surface area contributed by atoms with E-state index >= 15 is 0 Å². The van der Waals surface area contributed by atoms with Gasteiger partial charge in [0.15, 0.2) is 5.76 Å². The number of hydrogen-bond donors (Lipinski definition) is 1. The van der Waals surface area contributed by atoms with Crippen LogP contribution in [0.4, 0.5) is 0 Å². The first-order valence-corrected chi connectivity index (χ1v) is 11.4. The van der Waals surface area contributed by atoms with E-state index in [0.717, 1.165) is 49.9 Å². The van der Waals surface area contributed by atoms with Crippen LogP contribution in [0.2, 0.25) is 0 Å². The van der Waals surface area contributed by atoms with Gasteiger partial charge in [-0.05, 0) is 67.9 Å². The summed E-state index contributed by atoms with van der Waals surface area (Å²) in [7, 11) is 0. The molecule has 0 saturated carbocycles. The van der Waals surface area contributed by atoms with Crippen LogP contribution in [-0.4, -0.2) is 68.5 Å². The zero-order valence-electron chi connectivity index (χ0n) is 18.3. The molecule has 172 valence electrons. The number of rotatable bonds is 4. The Morgan fingerprint density at radius 3 is 2.30 bits per heavy atom. The maximum absolute atomic E-state index is 13.0. The summed E-state index contributed by atoms with van der Waals surface area (Å²) >= 11 is 0. The molecule has 2 saturated heterocycles. The predicted octanol–water partition coefficient (Wildman–Crippen LogP) is 3.27. The lowest BCUT2D eigenvalue weighted by atomic mass is 9.89. The Bertz CT molecular complexity index is 1200. The molecule has 0 bridgehead atoms. The van der Waals surface area contributed by atoms with E-state index in [0.29, 0.717) is 18.7 Å². The second-order valence-corrected chi connectivity index (χ2v) is 8.74. The van der Waals surface area contributed by atoms with Crippen molar-refractivity contribution in [3.8, 4) is 0 Å². The first kappa shape index (κ1) is 21.2. The number of hydrogen-bond acceptors (Lipinski definition) is 5. The summed E-state index contributed by atoms with van der Waals surface area (Å²) in [5.74, 6) is -1.37. The molecule has 2 aliphatic rings. The average molecular weight is 450 g/mol. The molecule has 9 heteroatoms. The normalized spacial score (nSPS) is 17.5. The van der Waals surface area contributed by atoms with E-state index in [4.69, 9.17) is 9.52 Å². The van der Waals surface area contributed by atoms with Gasteiger partial charge in [-0.25, -0.2) is 9.31 Å². The van der Waals surface area contributed by atoms with Crippen LogP contribution in [0.3, 0.4) is 0 Å². The van der Waals surface area contributed by atoms with Gasteiger partial charge in [0.1, 0.15) is 0 Å². The van der Waals surface area contributed by atoms with Crippen LogP contribution in [0.1, 0.15) is 75.1 Å². The Balaban J connectivity index is 1.28. The second-order valence-electron chi connectivity index (χ2n) is 8.74. The van der Waals surface area contributed by atoms with Crippen molar-refractivity contribution >= 4 is 23.3 Å². The molecule has 33 heavy (non-hydrogen) atoms. The summed E-state index contributed by atoms with van der Waals surface area (Å²) in [6.45, 7) is 2.70. The molecule has 0 aromatic carbocycles. The van der Waals surface area contributed by atoms with Gasteiger partial charge in [0.2, 0.25) is 5.76 Å². The summed E-state index contributed by atoms with van der Waals surface area (Å²) in [4.78, 5) is 40.3. The number of nitrogens with zero attached hydrogens (tertiary/aromatic N) is 4. The highest BCUT2D eigenvalue weighted by atomic mass is 16.4. The molecular weight excluding hydrogens is 424 g/mol. The number of carbonyl (C=O) groups excluding carboxylic acids is 2. The lowest BCUT2D eigenvalue weighted by Gasteiger charge is -2.31. The number of furan rings is 1. The maximum Gasteiger partial charge on any atom is 0.371 e. The van der Waals surface area contributed by atoms with Crippen LogP contribution >= 0.6 is 0 Å². The first-order valence-electron chi connectivity index (χ1n) is 11.4. The topological polar surface area (TPSA) is 108 Å². The standard InChI is InChI=1S/C24H26N4O5/c29-22(26-9-2-1-3-10-26)18-15-25-28-13-8-17(14-19(18)28)16-6-11-27(12-7-16)23(30)20-4-5-21(33-20)24(31)32/h4-5,8,13-16H,1-3,6-7,9-12H2,(H,31,32). The third-order valence-corrected chi connectivity index (χ3v) is 6.70. The summed E-state index contributed by atoms with van der Waals surface area (Å²) in [6, 6.07) is 6.79. The molecule has 0 unspecified atom stereocenters. The van der Waals surface area contributed by atoms with Crippen LogP contribution < -0.4 is 0 Å². The molecule has 0 atom stereocenters. The fraction of sp³-hybridized carbons (Fsp3) is 0.417. The van der Waals surface area contributed by atoms with E-state index in [1.54, 1.807) is 15.6 Å². The molecule has 2 amide bonds. The van der Waals surface area contributed by atoms with Gasteiger partial charge in [-0.2, -0.15) is 5.10 Å². The van der Waals surface area contributed by atoms with Crippen molar-refractivity contribution in [3.05, 3.63) is 59.3 Å². The second kappa shape index (κ2) is 8.73. The summed E-state index contributed by atoms with van der Waals surface area (Å²) in [5, 5.41) is 13.4. The Morgan fingerprint density at radius 2 is 1.61 bits per heavy atom. The van der Waals surface area contributed by atoms with E-state index in [2.05, 4.69) is 11.2 Å². The predicted molar refractivity (Wildman–Crippen MR) is 118 cm³/mol. The van der Waals surface area contributed by atoms with Crippen molar-refractivity contribution in [1.29, 1.82) is 0 Å². The van der Waals surface area contributed by atoms with Crippen molar-refractivity contribution in [2.24, 2.45) is 0 Å². The van der Waals surface area contributed by atoms with Crippen LogP contribution in [0.15, 0.2) is 41.1 Å². The smallest absolute Gasteiger partial charge is 0.371 e. The van der Waals surface area contributed by atoms with Gasteiger partial charge in [0, 0.05) is 32.4 Å². The van der Waals surface area contributed by atoms with Gasteiger partial charge in [0.25, 0.3) is 11.8 Å². The van der Waals surface area contributed by atoms with Crippen molar-refractivity contribution < 1.29 is 23.9 Å². The van der Waals surface area contributed by atoms with Gasteiger partial charge in [-0.1, -0.05) is 0 Å². The molecule has 5 rings (SSSR count). The largest absolute Gasteiger partial charge is 0.475 e. The highest BCUT2D eigenvalue weighted by molar-refractivity contribution is 6.00. The quantitative estimate of drug-likeness (QED) is 0.654. The molecule has 2 fully saturated rings. The number of piperidine rings is 2. The van der Waals surface area contributed by atoms with Gasteiger partial charge in [-0.15, -0.1) is 0 Å². The summed E-state index contributed by atoms with van der Waals surface area (Å²) in [6.07, 6.45) is 8.37. The lowest BCUT2D eigenvalue weighted by Crippen LogP contribution is -2.37. The fourth-order valence-electron chi connectivity index (χ4n) is 4.82. The minimum absolute atomic E-state index is 0.0430. The Morgan fingerprint density at radius 1 is 0.909 bits per heavy atom. The minimum atomic E-state index is -1.19. The average Bonchev–Trinajstić information content (AvgIpc) is 3.51. The van der Waals surface area contributed by atoms with E-state index in [1.807, 2.05) is 17.2 Å². The third-order valence-electron chi connectivity index (χ3n) is 6.70. The van der Waals surface area contributed by atoms with E-state index in [9.17, 15) is 14.4 Å². The summed E-state index contributed by atoms with van der Waals surface area (Å²) < 4.78 is 6.91. The van der Waals surface area contributed by atoms with E-state index < -0.39 is 5.97 Å². The van der Waals surface area contributed by atoms with Crippen LogP contribution in [0, 0.1) is 0 Å². The number of carbonyl (C=O) groups is 3. The monoisotopic (exact) mass is 450 g/mol. The number of fused-ring (bicyclic) bond motifs is 1. The number of carboxylic acids is 1. The fourth-order valence-corrected chi connectivity index (χ4v) is 4.82. The molecule has 5 heterocycles. The van der Waals surface area contributed by atoms with E-state index in [1.165, 1.54) is 18.6 Å². The zero-order valence-corrected chi connectivity index (χ0v) is 18.3. The van der Waals surface area contributed by atoms with Crippen molar-refractivity contribution in [1.82, 2.24) is 19.4 Å².